The summed E-state index contributed by atoms with van der Waals surface area (Å²) < 4.78 is 41.4. The molecule has 0 radical (unpaired) electrons. The lowest BCUT2D eigenvalue weighted by Gasteiger charge is -2.19. The number of halogens is 3. The van der Waals surface area contributed by atoms with E-state index in [1.54, 1.807) is 42.7 Å². The van der Waals surface area contributed by atoms with Gasteiger partial charge in [0.2, 0.25) is 17.8 Å². The second-order valence-electron chi connectivity index (χ2n) is 8.45. The van der Waals surface area contributed by atoms with Crippen LogP contribution in [0.15, 0.2) is 73.1 Å². The normalized spacial score (nSPS) is 11.7. The van der Waals surface area contributed by atoms with E-state index in [0.717, 1.165) is 11.1 Å². The van der Waals surface area contributed by atoms with Gasteiger partial charge >= 0.3 is 18.1 Å². The van der Waals surface area contributed by atoms with Crippen LogP contribution in [0, 0.1) is 0 Å². The summed E-state index contributed by atoms with van der Waals surface area (Å²) in [7, 11) is 0. The van der Waals surface area contributed by atoms with Gasteiger partial charge in [-0.25, -0.2) is 14.8 Å². The Labute approximate surface area is 227 Å². The number of aromatic nitrogens is 2. The molecule has 0 spiro atoms. The molecule has 13 heteroatoms. The zero-order valence-corrected chi connectivity index (χ0v) is 21.1. The van der Waals surface area contributed by atoms with Crippen LogP contribution in [0.4, 0.5) is 19.1 Å². The lowest BCUT2D eigenvalue weighted by molar-refractivity contribution is -0.202. The molecule has 0 aliphatic rings. The van der Waals surface area contributed by atoms with Gasteiger partial charge in [-0.1, -0.05) is 54.6 Å². The molecule has 1 unspecified atom stereocenters. The van der Waals surface area contributed by atoms with Crippen LogP contribution in [0.5, 0.6) is 0 Å². The van der Waals surface area contributed by atoms with Crippen molar-refractivity contribution in [2.45, 2.75) is 31.5 Å². The summed E-state index contributed by atoms with van der Waals surface area (Å²) in [4.78, 5) is 55.8. The van der Waals surface area contributed by atoms with E-state index in [0.29, 0.717) is 24.5 Å². The number of nitrogens with zero attached hydrogens (tertiary/aromatic N) is 2. The zero-order valence-electron chi connectivity index (χ0n) is 21.1. The topological polar surface area (TPSA) is 139 Å². The minimum atomic E-state index is -5.35. The SMILES string of the molecule is O=C(CCCNc1ncccn1)NCC(=O)NC(CC(=O)OC(=O)C(F)(F)F)c1ccc(-c2ccccc2)cc1. The van der Waals surface area contributed by atoms with Crippen molar-refractivity contribution in [3.63, 3.8) is 0 Å². The summed E-state index contributed by atoms with van der Waals surface area (Å²) >= 11 is 0. The van der Waals surface area contributed by atoms with E-state index in [-0.39, 0.29) is 6.42 Å². The number of benzene rings is 2. The first-order valence-electron chi connectivity index (χ1n) is 12.2. The summed E-state index contributed by atoms with van der Waals surface area (Å²) in [5.74, 6) is -4.82. The van der Waals surface area contributed by atoms with Crippen molar-refractivity contribution in [3.8, 4) is 11.1 Å². The zero-order chi connectivity index (χ0) is 29.0. The maximum Gasteiger partial charge on any atom is 0.491 e. The fourth-order valence-electron chi connectivity index (χ4n) is 3.51. The molecule has 0 saturated carbocycles. The fourth-order valence-corrected chi connectivity index (χ4v) is 3.51. The van der Waals surface area contributed by atoms with Crippen LogP contribution in [0.25, 0.3) is 11.1 Å². The molecule has 0 fully saturated rings. The number of rotatable bonds is 12. The predicted octanol–water partition coefficient (Wildman–Crippen LogP) is 3.33. The van der Waals surface area contributed by atoms with E-state index in [1.807, 2.05) is 30.3 Å². The Hall–Kier alpha value is -4.81. The third-order valence-corrected chi connectivity index (χ3v) is 5.44. The molecule has 210 valence electrons. The van der Waals surface area contributed by atoms with E-state index < -0.39 is 48.9 Å². The largest absolute Gasteiger partial charge is 0.491 e. The molecule has 1 atom stereocenters. The predicted molar refractivity (Wildman–Crippen MR) is 137 cm³/mol. The number of alkyl halides is 3. The minimum Gasteiger partial charge on any atom is -0.386 e. The molecule has 1 heterocycles. The van der Waals surface area contributed by atoms with Crippen molar-refractivity contribution in [1.82, 2.24) is 20.6 Å². The molecular formula is C27H26F3N5O5. The van der Waals surface area contributed by atoms with Crippen LogP contribution in [0.2, 0.25) is 0 Å². The summed E-state index contributed by atoms with van der Waals surface area (Å²) in [6.45, 7) is -0.0212. The first-order chi connectivity index (χ1) is 19.1. The van der Waals surface area contributed by atoms with Crippen molar-refractivity contribution in [2.75, 3.05) is 18.4 Å². The van der Waals surface area contributed by atoms with Crippen LogP contribution < -0.4 is 16.0 Å². The maximum atomic E-state index is 12.5. The third kappa shape index (κ3) is 9.82. The molecule has 40 heavy (non-hydrogen) atoms. The van der Waals surface area contributed by atoms with Crippen LogP contribution >= 0.6 is 0 Å². The van der Waals surface area contributed by atoms with Gasteiger partial charge in [0.1, 0.15) is 0 Å². The maximum absolute atomic E-state index is 12.5. The van der Waals surface area contributed by atoms with E-state index in [4.69, 9.17) is 0 Å². The Morgan fingerprint density at radius 1 is 0.850 bits per heavy atom. The van der Waals surface area contributed by atoms with E-state index in [9.17, 15) is 32.3 Å². The summed E-state index contributed by atoms with van der Waals surface area (Å²) in [6, 6.07) is 16.5. The Kier molecular flexibility index (Phi) is 10.7. The van der Waals surface area contributed by atoms with Crippen molar-refractivity contribution in [1.29, 1.82) is 0 Å². The average molecular weight is 558 g/mol. The number of anilines is 1. The smallest absolute Gasteiger partial charge is 0.386 e. The Balaban J connectivity index is 1.57. The molecule has 3 aromatic rings. The molecular weight excluding hydrogens is 531 g/mol. The van der Waals surface area contributed by atoms with Gasteiger partial charge in [-0.3, -0.25) is 14.4 Å². The van der Waals surface area contributed by atoms with Crippen LogP contribution in [-0.2, 0) is 23.9 Å². The number of nitrogens with one attached hydrogen (secondary N) is 3. The molecule has 2 aromatic carbocycles. The number of hydrogen-bond donors (Lipinski definition) is 3. The Bertz CT molecular complexity index is 1290. The summed E-state index contributed by atoms with van der Waals surface area (Å²) in [5.41, 5.74) is 2.11. The molecule has 0 aliphatic heterocycles. The monoisotopic (exact) mass is 557 g/mol. The second-order valence-corrected chi connectivity index (χ2v) is 8.45. The summed E-state index contributed by atoms with van der Waals surface area (Å²) in [5, 5.41) is 7.89. The van der Waals surface area contributed by atoms with Crippen LogP contribution in [0.3, 0.4) is 0 Å². The second kappa shape index (κ2) is 14.4. The first-order valence-corrected chi connectivity index (χ1v) is 12.2. The first kappa shape index (κ1) is 29.7. The number of ether oxygens (including phenoxy) is 1. The lowest BCUT2D eigenvalue weighted by atomic mass is 9.99. The molecule has 3 rings (SSSR count). The molecule has 3 N–H and O–H groups in total. The highest BCUT2D eigenvalue weighted by Gasteiger charge is 2.42. The quantitative estimate of drug-likeness (QED) is 0.175. The van der Waals surface area contributed by atoms with Gasteiger partial charge in [0.05, 0.1) is 19.0 Å². The van der Waals surface area contributed by atoms with Crippen molar-refractivity contribution in [2.24, 2.45) is 0 Å². The number of carbonyl (C=O) groups excluding carboxylic acids is 4. The molecule has 0 aliphatic carbocycles. The van der Waals surface area contributed by atoms with Gasteiger partial charge in [-0.2, -0.15) is 13.2 Å². The third-order valence-electron chi connectivity index (χ3n) is 5.44. The van der Waals surface area contributed by atoms with E-state index in [2.05, 4.69) is 30.7 Å². The fraction of sp³-hybridized carbons (Fsp3) is 0.259. The molecule has 0 saturated heterocycles. The minimum absolute atomic E-state index is 0.101. The van der Waals surface area contributed by atoms with Crippen LogP contribution in [-0.4, -0.2) is 53.0 Å². The average Bonchev–Trinajstić information content (AvgIpc) is 2.94. The molecule has 2 amide bonds. The van der Waals surface area contributed by atoms with Crippen molar-refractivity contribution in [3.05, 3.63) is 78.6 Å². The summed E-state index contributed by atoms with van der Waals surface area (Å²) in [6.07, 6.45) is -2.43. The Morgan fingerprint density at radius 2 is 1.50 bits per heavy atom. The van der Waals surface area contributed by atoms with Gasteiger partial charge in [-0.05, 0) is 29.2 Å². The number of carbonyl (C=O) groups is 4. The standard InChI is InChI=1S/C27H26F3N5O5/c28-27(29,30)25(39)40-24(38)16-21(20-11-9-19(10-12-20)18-6-2-1-3-7-18)35-23(37)17-34-22(36)8-4-13-31-26-32-14-5-15-33-26/h1-3,5-7,9-12,14-15,21H,4,8,13,16-17H2,(H,34,36)(H,35,37)(H,31,32,33). The van der Waals surface area contributed by atoms with Crippen molar-refractivity contribution < 1.29 is 37.1 Å². The van der Waals surface area contributed by atoms with Crippen LogP contribution in [0.1, 0.15) is 30.9 Å². The van der Waals surface area contributed by atoms with Gasteiger partial charge in [-0.15, -0.1) is 0 Å². The van der Waals surface area contributed by atoms with Gasteiger partial charge < -0.3 is 20.7 Å². The lowest BCUT2D eigenvalue weighted by Crippen LogP contribution is -2.39. The van der Waals surface area contributed by atoms with Gasteiger partial charge in [0.15, 0.2) is 0 Å². The van der Waals surface area contributed by atoms with E-state index >= 15 is 0 Å². The molecule has 10 nitrogen and oxygen atoms in total. The highest BCUT2D eigenvalue weighted by molar-refractivity contribution is 5.89. The molecule has 1 aromatic heterocycles. The highest BCUT2D eigenvalue weighted by Crippen LogP contribution is 2.24. The highest BCUT2D eigenvalue weighted by atomic mass is 19.4. The van der Waals surface area contributed by atoms with Crippen molar-refractivity contribution >= 4 is 29.7 Å². The number of amides is 2. The van der Waals surface area contributed by atoms with E-state index in [1.165, 1.54) is 0 Å². The van der Waals surface area contributed by atoms with Gasteiger partial charge in [0, 0.05) is 25.4 Å². The number of esters is 2. The Morgan fingerprint density at radius 3 is 2.15 bits per heavy atom. The van der Waals surface area contributed by atoms with Gasteiger partial charge in [0.25, 0.3) is 0 Å². The molecule has 0 bridgehead atoms. The number of hydrogen-bond acceptors (Lipinski definition) is 8.